The normalized spacial score (nSPS) is 13.7. The summed E-state index contributed by atoms with van der Waals surface area (Å²) in [5, 5.41) is 0. The molecule has 0 saturated heterocycles. The van der Waals surface area contributed by atoms with Crippen molar-refractivity contribution in [1.82, 2.24) is 0 Å². The highest BCUT2D eigenvalue weighted by molar-refractivity contribution is 7.85. The topological polar surface area (TPSA) is 17.1 Å². The van der Waals surface area contributed by atoms with E-state index in [1.165, 1.54) is 16.7 Å². The van der Waals surface area contributed by atoms with Crippen LogP contribution in [0.2, 0.25) is 0 Å². The molecule has 1 nitrogen and oxygen atoms in total. The van der Waals surface area contributed by atoms with Crippen molar-refractivity contribution in [1.29, 1.82) is 0 Å². The van der Waals surface area contributed by atoms with Crippen molar-refractivity contribution in [2.45, 2.75) is 58.3 Å². The molecule has 0 amide bonds. The molecule has 0 aromatic heterocycles. The first-order chi connectivity index (χ1) is 11.0. The second-order valence-corrected chi connectivity index (χ2v) is 7.78. The Morgan fingerprint density at radius 2 is 1.43 bits per heavy atom. The minimum absolute atomic E-state index is 0.610. The Hall–Kier alpha value is -1.41. The zero-order chi connectivity index (χ0) is 17.1. The van der Waals surface area contributed by atoms with Crippen LogP contribution < -0.4 is 0 Å². The Kier molecular flexibility index (Phi) is 9.54. The van der Waals surface area contributed by atoms with Gasteiger partial charge < -0.3 is 0 Å². The number of benzene rings is 1. The lowest BCUT2D eigenvalue weighted by molar-refractivity contribution is 0.685. The molecular weight excluding hydrogens is 300 g/mol. The molecule has 126 valence electrons. The van der Waals surface area contributed by atoms with Gasteiger partial charge in [0.2, 0.25) is 0 Å². The summed E-state index contributed by atoms with van der Waals surface area (Å²) in [6.45, 7) is 8.63. The van der Waals surface area contributed by atoms with E-state index in [1.807, 2.05) is 30.3 Å². The fourth-order valence-electron chi connectivity index (χ4n) is 2.23. The average molecular weight is 331 g/mol. The van der Waals surface area contributed by atoms with E-state index in [9.17, 15) is 4.21 Å². The largest absolute Gasteiger partial charge is 0.254 e. The smallest absolute Gasteiger partial charge is 0.0568 e. The zero-order valence-corrected chi connectivity index (χ0v) is 15.8. The third kappa shape index (κ3) is 9.35. The van der Waals surface area contributed by atoms with E-state index in [0.29, 0.717) is 5.75 Å². The van der Waals surface area contributed by atoms with E-state index >= 15 is 0 Å². The van der Waals surface area contributed by atoms with Gasteiger partial charge in [0, 0.05) is 10.6 Å². The predicted octanol–water partition coefficient (Wildman–Crippen LogP) is 6.21. The van der Waals surface area contributed by atoms with Gasteiger partial charge in [-0.05, 0) is 65.5 Å². The van der Waals surface area contributed by atoms with Crippen LogP contribution in [0.5, 0.6) is 0 Å². The third-order valence-electron chi connectivity index (χ3n) is 3.71. The quantitative estimate of drug-likeness (QED) is 0.492. The standard InChI is InChI=1S/C21H30OS/c1-18(2)10-8-11-19(3)12-9-13-20(4)16-17-23(22)21-14-6-5-7-15-21/h5-7,10,12,14-16H,8-9,11,13,17H2,1-4H3/b19-12+,20-16+. The Labute approximate surface area is 144 Å². The van der Waals surface area contributed by atoms with E-state index in [0.717, 1.165) is 30.6 Å². The molecule has 0 saturated carbocycles. The summed E-state index contributed by atoms with van der Waals surface area (Å²) < 4.78 is 12.2. The lowest BCUT2D eigenvalue weighted by Crippen LogP contribution is -1.95. The minimum Gasteiger partial charge on any atom is -0.254 e. The van der Waals surface area contributed by atoms with Crippen LogP contribution >= 0.6 is 0 Å². The summed E-state index contributed by atoms with van der Waals surface area (Å²) >= 11 is 0. The highest BCUT2D eigenvalue weighted by atomic mass is 32.2. The molecule has 1 rings (SSSR count). The van der Waals surface area contributed by atoms with E-state index in [1.54, 1.807) is 0 Å². The van der Waals surface area contributed by atoms with E-state index in [-0.39, 0.29) is 0 Å². The molecule has 0 aliphatic heterocycles. The maximum Gasteiger partial charge on any atom is 0.0568 e. The third-order valence-corrected chi connectivity index (χ3v) is 4.98. The molecule has 2 heteroatoms. The van der Waals surface area contributed by atoms with Crippen molar-refractivity contribution < 1.29 is 4.21 Å². The number of hydrogen-bond acceptors (Lipinski definition) is 1. The fraction of sp³-hybridized carbons (Fsp3) is 0.429. The second kappa shape index (κ2) is 11.2. The van der Waals surface area contributed by atoms with Crippen LogP contribution in [-0.4, -0.2) is 9.96 Å². The van der Waals surface area contributed by atoms with Gasteiger partial charge in [-0.1, -0.05) is 53.1 Å². The van der Waals surface area contributed by atoms with Crippen LogP contribution in [-0.2, 0) is 10.8 Å². The summed E-state index contributed by atoms with van der Waals surface area (Å²) in [5.74, 6) is 0.610. The lowest BCUT2D eigenvalue weighted by atomic mass is 10.1. The molecule has 0 radical (unpaired) electrons. The van der Waals surface area contributed by atoms with Crippen LogP contribution in [0.15, 0.2) is 70.2 Å². The van der Waals surface area contributed by atoms with E-state index in [2.05, 4.69) is 45.9 Å². The Balaban J connectivity index is 2.34. The second-order valence-electron chi connectivity index (χ2n) is 6.29. The van der Waals surface area contributed by atoms with Crippen LogP contribution in [0.1, 0.15) is 53.4 Å². The molecule has 0 bridgehead atoms. The maximum atomic E-state index is 12.2. The van der Waals surface area contributed by atoms with Crippen molar-refractivity contribution in [3.63, 3.8) is 0 Å². The van der Waals surface area contributed by atoms with Gasteiger partial charge in [-0.2, -0.15) is 0 Å². The van der Waals surface area contributed by atoms with Crippen LogP contribution in [0.25, 0.3) is 0 Å². The molecule has 0 fully saturated rings. The first-order valence-corrected chi connectivity index (χ1v) is 9.69. The molecule has 1 unspecified atom stereocenters. The summed E-state index contributed by atoms with van der Waals surface area (Å²) in [6.07, 6.45) is 11.1. The maximum absolute atomic E-state index is 12.2. The Morgan fingerprint density at radius 3 is 2.04 bits per heavy atom. The Bertz CT molecular complexity index is 575. The van der Waals surface area contributed by atoms with Gasteiger partial charge >= 0.3 is 0 Å². The fourth-order valence-corrected chi connectivity index (χ4v) is 3.31. The summed E-state index contributed by atoms with van der Waals surface area (Å²) in [6, 6.07) is 9.68. The number of allylic oxidation sites excluding steroid dienone is 5. The van der Waals surface area contributed by atoms with Crippen molar-refractivity contribution in [2.75, 3.05) is 5.75 Å². The summed E-state index contributed by atoms with van der Waals surface area (Å²) in [7, 11) is -0.925. The zero-order valence-electron chi connectivity index (χ0n) is 15.0. The molecule has 0 spiro atoms. The minimum atomic E-state index is -0.925. The van der Waals surface area contributed by atoms with Crippen molar-refractivity contribution >= 4 is 10.8 Å². The molecule has 1 aromatic rings. The van der Waals surface area contributed by atoms with Gasteiger partial charge in [-0.25, -0.2) is 0 Å². The predicted molar refractivity (Wildman–Crippen MR) is 103 cm³/mol. The van der Waals surface area contributed by atoms with Crippen LogP contribution in [0.3, 0.4) is 0 Å². The number of rotatable bonds is 9. The van der Waals surface area contributed by atoms with E-state index < -0.39 is 10.8 Å². The molecular formula is C21H30OS. The van der Waals surface area contributed by atoms with Crippen LogP contribution in [0.4, 0.5) is 0 Å². The SMILES string of the molecule is CC(C)=CCC/C(C)=C/CC/C(C)=C/CS(=O)c1ccccc1. The van der Waals surface area contributed by atoms with Gasteiger partial charge in [0.1, 0.15) is 0 Å². The van der Waals surface area contributed by atoms with Gasteiger partial charge in [-0.15, -0.1) is 0 Å². The molecule has 0 aliphatic carbocycles. The molecule has 0 aliphatic rings. The molecule has 0 N–H and O–H groups in total. The van der Waals surface area contributed by atoms with Crippen molar-refractivity contribution in [2.24, 2.45) is 0 Å². The molecule has 1 aromatic carbocycles. The molecule has 0 heterocycles. The number of hydrogen-bond donors (Lipinski definition) is 0. The molecule has 23 heavy (non-hydrogen) atoms. The monoisotopic (exact) mass is 330 g/mol. The Morgan fingerprint density at radius 1 is 0.870 bits per heavy atom. The first-order valence-electron chi connectivity index (χ1n) is 8.37. The lowest BCUT2D eigenvalue weighted by Gasteiger charge is -2.02. The van der Waals surface area contributed by atoms with E-state index in [4.69, 9.17) is 0 Å². The van der Waals surface area contributed by atoms with Gasteiger partial charge in [0.25, 0.3) is 0 Å². The summed E-state index contributed by atoms with van der Waals surface area (Å²) in [4.78, 5) is 0.909. The van der Waals surface area contributed by atoms with Crippen molar-refractivity contribution in [3.05, 3.63) is 65.3 Å². The highest BCUT2D eigenvalue weighted by Crippen LogP contribution is 2.12. The van der Waals surface area contributed by atoms with Gasteiger partial charge in [0.15, 0.2) is 0 Å². The van der Waals surface area contributed by atoms with Crippen LogP contribution in [0, 0.1) is 0 Å². The molecule has 1 atom stereocenters. The summed E-state index contributed by atoms with van der Waals surface area (Å²) in [5.41, 5.74) is 4.17. The average Bonchev–Trinajstić information content (AvgIpc) is 2.53. The van der Waals surface area contributed by atoms with Crippen molar-refractivity contribution in [3.8, 4) is 0 Å². The first kappa shape index (κ1) is 19.6. The van der Waals surface area contributed by atoms with Gasteiger partial charge in [0.05, 0.1) is 10.8 Å². The van der Waals surface area contributed by atoms with Gasteiger partial charge in [-0.3, -0.25) is 4.21 Å². The highest BCUT2D eigenvalue weighted by Gasteiger charge is 2.00.